The van der Waals surface area contributed by atoms with Crippen LogP contribution in [0.4, 0.5) is 4.79 Å². The van der Waals surface area contributed by atoms with Crippen LogP contribution in [-0.4, -0.2) is 57.9 Å². The first-order valence-electron chi connectivity index (χ1n) is 7.70. The smallest absolute Gasteiger partial charge is 0.314 e. The van der Waals surface area contributed by atoms with Crippen LogP contribution in [0.3, 0.4) is 0 Å². The molecule has 0 spiro atoms. The molecule has 1 heterocycles. The third-order valence-electron chi connectivity index (χ3n) is 3.37. The molecule has 6 heteroatoms. The molecule has 122 valence electrons. The molecule has 0 saturated carbocycles. The van der Waals surface area contributed by atoms with Crippen molar-refractivity contribution in [2.45, 2.75) is 12.8 Å². The molecule has 6 nitrogen and oxygen atoms in total. The van der Waals surface area contributed by atoms with Gasteiger partial charge in [-0.3, -0.25) is 0 Å². The van der Waals surface area contributed by atoms with Crippen LogP contribution in [-0.2, 0) is 6.42 Å². The van der Waals surface area contributed by atoms with Gasteiger partial charge in [0.1, 0.15) is 13.2 Å². The summed E-state index contributed by atoms with van der Waals surface area (Å²) < 4.78 is 11.0. The number of benzene rings is 1. The van der Waals surface area contributed by atoms with E-state index in [-0.39, 0.29) is 6.03 Å². The third-order valence-corrected chi connectivity index (χ3v) is 3.37. The van der Waals surface area contributed by atoms with E-state index in [1.54, 1.807) is 0 Å². The van der Waals surface area contributed by atoms with Gasteiger partial charge in [-0.25, -0.2) is 4.79 Å². The molecule has 0 fully saturated rings. The zero-order valence-electron chi connectivity index (χ0n) is 13.4. The largest absolute Gasteiger partial charge is 0.486 e. The Morgan fingerprint density at radius 3 is 2.64 bits per heavy atom. The average molecular weight is 307 g/mol. The van der Waals surface area contributed by atoms with E-state index in [0.717, 1.165) is 36.4 Å². The molecule has 0 aromatic heterocycles. The minimum atomic E-state index is -0.115. The summed E-state index contributed by atoms with van der Waals surface area (Å²) in [5, 5.41) is 5.72. The monoisotopic (exact) mass is 307 g/mol. The van der Waals surface area contributed by atoms with Crippen molar-refractivity contribution in [2.75, 3.05) is 46.9 Å². The number of ether oxygens (including phenoxy) is 2. The van der Waals surface area contributed by atoms with Gasteiger partial charge < -0.3 is 25.0 Å². The Kier molecular flexibility index (Phi) is 6.33. The number of nitrogens with zero attached hydrogens (tertiary/aromatic N) is 1. The quantitative estimate of drug-likeness (QED) is 0.744. The second-order valence-electron chi connectivity index (χ2n) is 5.57. The molecule has 2 amide bonds. The van der Waals surface area contributed by atoms with Crippen LogP contribution >= 0.6 is 0 Å². The van der Waals surface area contributed by atoms with Gasteiger partial charge in [-0.15, -0.1) is 0 Å². The van der Waals surface area contributed by atoms with Crippen LogP contribution < -0.4 is 20.1 Å². The van der Waals surface area contributed by atoms with E-state index in [2.05, 4.69) is 15.5 Å². The Hall–Kier alpha value is -1.95. The molecule has 0 atom stereocenters. The molecule has 0 aliphatic carbocycles. The number of hydrogen-bond acceptors (Lipinski definition) is 4. The molecule has 1 aromatic rings. The van der Waals surface area contributed by atoms with Crippen LogP contribution in [0.1, 0.15) is 12.0 Å². The number of rotatable bonds is 7. The number of amides is 2. The third kappa shape index (κ3) is 5.44. The van der Waals surface area contributed by atoms with Gasteiger partial charge in [-0.1, -0.05) is 6.07 Å². The van der Waals surface area contributed by atoms with Crippen molar-refractivity contribution in [2.24, 2.45) is 0 Å². The van der Waals surface area contributed by atoms with E-state index in [4.69, 9.17) is 9.47 Å². The Bertz CT molecular complexity index is 492. The minimum absolute atomic E-state index is 0.115. The first kappa shape index (κ1) is 16.4. The predicted molar refractivity (Wildman–Crippen MR) is 85.7 cm³/mol. The second kappa shape index (κ2) is 8.48. The SMILES string of the molecule is CN(C)CCCNC(=O)NCCc1ccc2c(c1)OCCO2. The summed E-state index contributed by atoms with van der Waals surface area (Å²) in [6, 6.07) is 5.79. The van der Waals surface area contributed by atoms with Crippen LogP contribution in [0.5, 0.6) is 11.5 Å². The van der Waals surface area contributed by atoms with E-state index < -0.39 is 0 Å². The lowest BCUT2D eigenvalue weighted by atomic mass is 10.1. The summed E-state index contributed by atoms with van der Waals surface area (Å²) in [5.41, 5.74) is 1.12. The molecule has 0 radical (unpaired) electrons. The van der Waals surface area contributed by atoms with Crippen LogP contribution in [0.15, 0.2) is 18.2 Å². The molecule has 1 aromatic carbocycles. The highest BCUT2D eigenvalue weighted by atomic mass is 16.6. The molecule has 1 aliphatic rings. The van der Waals surface area contributed by atoms with Gasteiger partial charge in [-0.2, -0.15) is 0 Å². The minimum Gasteiger partial charge on any atom is -0.486 e. The fraction of sp³-hybridized carbons (Fsp3) is 0.562. The Labute approximate surface area is 131 Å². The normalized spacial score (nSPS) is 13.0. The molecule has 2 rings (SSSR count). The van der Waals surface area contributed by atoms with Gasteiger partial charge >= 0.3 is 6.03 Å². The maximum atomic E-state index is 11.6. The maximum absolute atomic E-state index is 11.6. The molecular formula is C16H25N3O3. The van der Waals surface area contributed by atoms with Gasteiger partial charge in [0.15, 0.2) is 11.5 Å². The van der Waals surface area contributed by atoms with Crippen LogP contribution in [0, 0.1) is 0 Å². The van der Waals surface area contributed by atoms with Gasteiger partial charge in [0.05, 0.1) is 0 Å². The fourth-order valence-electron chi connectivity index (χ4n) is 2.22. The number of hydrogen-bond donors (Lipinski definition) is 2. The van der Waals surface area contributed by atoms with E-state index in [1.165, 1.54) is 0 Å². The lowest BCUT2D eigenvalue weighted by molar-refractivity contribution is 0.171. The highest BCUT2D eigenvalue weighted by molar-refractivity contribution is 5.73. The van der Waals surface area contributed by atoms with Crippen molar-refractivity contribution >= 4 is 6.03 Å². The van der Waals surface area contributed by atoms with Crippen molar-refractivity contribution in [3.05, 3.63) is 23.8 Å². The molecular weight excluding hydrogens is 282 g/mol. The lowest BCUT2D eigenvalue weighted by Crippen LogP contribution is -2.37. The predicted octanol–water partition coefficient (Wildman–Crippen LogP) is 1.25. The van der Waals surface area contributed by atoms with Crippen molar-refractivity contribution in [3.63, 3.8) is 0 Å². The fourth-order valence-corrected chi connectivity index (χ4v) is 2.22. The summed E-state index contributed by atoms with van der Waals surface area (Å²) in [4.78, 5) is 13.7. The first-order valence-corrected chi connectivity index (χ1v) is 7.70. The second-order valence-corrected chi connectivity index (χ2v) is 5.57. The Morgan fingerprint density at radius 1 is 1.14 bits per heavy atom. The van der Waals surface area contributed by atoms with Crippen LogP contribution in [0.2, 0.25) is 0 Å². The molecule has 22 heavy (non-hydrogen) atoms. The molecule has 1 aliphatic heterocycles. The summed E-state index contributed by atoms with van der Waals surface area (Å²) in [6.07, 6.45) is 1.71. The summed E-state index contributed by atoms with van der Waals surface area (Å²) in [6.45, 7) is 3.44. The Balaban J connectivity index is 1.64. The topological polar surface area (TPSA) is 62.8 Å². The zero-order valence-corrected chi connectivity index (χ0v) is 13.4. The number of nitrogens with one attached hydrogen (secondary N) is 2. The number of carbonyl (C=O) groups is 1. The van der Waals surface area contributed by atoms with Crippen molar-refractivity contribution in [3.8, 4) is 11.5 Å². The highest BCUT2D eigenvalue weighted by Crippen LogP contribution is 2.30. The van der Waals surface area contributed by atoms with Gasteiger partial charge in [0.25, 0.3) is 0 Å². The van der Waals surface area contributed by atoms with E-state index in [9.17, 15) is 4.79 Å². The first-order chi connectivity index (χ1) is 10.6. The number of fused-ring (bicyclic) bond motifs is 1. The van der Waals surface area contributed by atoms with E-state index in [0.29, 0.717) is 26.3 Å². The lowest BCUT2D eigenvalue weighted by Gasteiger charge is -2.18. The van der Waals surface area contributed by atoms with E-state index in [1.807, 2.05) is 32.3 Å². The maximum Gasteiger partial charge on any atom is 0.314 e. The van der Waals surface area contributed by atoms with Gasteiger partial charge in [0, 0.05) is 13.1 Å². The molecule has 0 bridgehead atoms. The zero-order chi connectivity index (χ0) is 15.8. The summed E-state index contributed by atoms with van der Waals surface area (Å²) in [5.74, 6) is 1.58. The van der Waals surface area contributed by atoms with Gasteiger partial charge in [-0.05, 0) is 51.2 Å². The van der Waals surface area contributed by atoms with Crippen molar-refractivity contribution in [1.82, 2.24) is 15.5 Å². The number of urea groups is 1. The van der Waals surface area contributed by atoms with Crippen molar-refractivity contribution in [1.29, 1.82) is 0 Å². The molecule has 0 saturated heterocycles. The van der Waals surface area contributed by atoms with Crippen LogP contribution in [0.25, 0.3) is 0 Å². The van der Waals surface area contributed by atoms with E-state index >= 15 is 0 Å². The Morgan fingerprint density at radius 2 is 1.86 bits per heavy atom. The van der Waals surface area contributed by atoms with Crippen molar-refractivity contribution < 1.29 is 14.3 Å². The number of carbonyl (C=O) groups excluding carboxylic acids is 1. The highest BCUT2D eigenvalue weighted by Gasteiger charge is 2.11. The molecule has 2 N–H and O–H groups in total. The van der Waals surface area contributed by atoms with Gasteiger partial charge in [0.2, 0.25) is 0 Å². The standard InChI is InChI=1S/C16H25N3O3/c1-19(2)9-3-7-17-16(20)18-8-6-13-4-5-14-15(12-13)22-11-10-21-14/h4-5,12H,3,6-11H2,1-2H3,(H2,17,18,20). The molecule has 0 unspecified atom stereocenters. The average Bonchev–Trinajstić information content (AvgIpc) is 2.51. The summed E-state index contributed by atoms with van der Waals surface area (Å²) in [7, 11) is 4.04. The summed E-state index contributed by atoms with van der Waals surface area (Å²) >= 11 is 0.